The topological polar surface area (TPSA) is 95.9 Å². The Bertz CT molecular complexity index is 873. The van der Waals surface area contributed by atoms with Crippen molar-refractivity contribution < 1.29 is 24.5 Å². The summed E-state index contributed by atoms with van der Waals surface area (Å²) in [6.45, 7) is 6.36. The first-order chi connectivity index (χ1) is 27.0. The standard InChI is InChI=1S/C49H93NO5/c1-4-7-10-13-16-19-21-23-24-25-27-30-33-36-39-42-49(54)55-45(40-37-34-31-29-26-22-20-17-14-11-8-5-2)43-48(53)50-46(44-51)47(52)41-38-35-32-28-18-15-12-9-6-3/h8,11,17,20,45-47,51-52H,4-7,9-10,12-16,18-19,21-44H2,1-3H3,(H,50,53)/b11-8+,20-17+. The molecule has 324 valence electrons. The molecule has 0 aliphatic carbocycles. The molecule has 0 aliphatic rings. The molecule has 1 amide bonds. The van der Waals surface area contributed by atoms with Gasteiger partial charge in [-0.2, -0.15) is 0 Å². The minimum absolute atomic E-state index is 0.0725. The van der Waals surface area contributed by atoms with Crippen LogP contribution in [0.1, 0.15) is 252 Å². The van der Waals surface area contributed by atoms with Gasteiger partial charge in [-0.3, -0.25) is 9.59 Å². The maximum atomic E-state index is 13.1. The Morgan fingerprint density at radius 1 is 0.545 bits per heavy atom. The summed E-state index contributed by atoms with van der Waals surface area (Å²) in [6, 6.07) is -0.699. The van der Waals surface area contributed by atoms with Crippen molar-refractivity contribution in [1.29, 1.82) is 0 Å². The molecular weight excluding hydrogens is 683 g/mol. The summed E-state index contributed by atoms with van der Waals surface area (Å²) in [7, 11) is 0. The summed E-state index contributed by atoms with van der Waals surface area (Å²) in [5, 5.41) is 23.6. The van der Waals surface area contributed by atoms with E-state index < -0.39 is 18.2 Å². The molecule has 0 saturated carbocycles. The van der Waals surface area contributed by atoms with Crippen molar-refractivity contribution in [2.45, 2.75) is 270 Å². The number of allylic oxidation sites excluding steroid dienone is 4. The van der Waals surface area contributed by atoms with E-state index in [4.69, 9.17) is 4.74 Å². The number of aliphatic hydroxyl groups is 2. The maximum Gasteiger partial charge on any atom is 0.306 e. The van der Waals surface area contributed by atoms with Gasteiger partial charge >= 0.3 is 5.97 Å². The molecule has 6 heteroatoms. The highest BCUT2D eigenvalue weighted by Gasteiger charge is 2.24. The molecular formula is C49H93NO5. The summed E-state index contributed by atoms with van der Waals surface area (Å²) < 4.78 is 5.91. The number of hydrogen-bond donors (Lipinski definition) is 3. The van der Waals surface area contributed by atoms with Gasteiger partial charge in [0.15, 0.2) is 0 Å². The van der Waals surface area contributed by atoms with Gasteiger partial charge in [-0.05, 0) is 51.4 Å². The summed E-state index contributed by atoms with van der Waals surface area (Å²) in [5.41, 5.74) is 0. The molecule has 0 aromatic rings. The van der Waals surface area contributed by atoms with Crippen molar-refractivity contribution >= 4 is 11.9 Å². The van der Waals surface area contributed by atoms with E-state index in [1.54, 1.807) is 0 Å². The molecule has 0 rings (SSSR count). The Hall–Kier alpha value is -1.66. The average Bonchev–Trinajstić information content (AvgIpc) is 3.18. The Balaban J connectivity index is 4.54. The first-order valence-corrected chi connectivity index (χ1v) is 24.1. The van der Waals surface area contributed by atoms with Gasteiger partial charge in [-0.1, -0.05) is 212 Å². The number of nitrogens with one attached hydrogen (secondary N) is 1. The Morgan fingerprint density at radius 3 is 1.47 bits per heavy atom. The molecule has 0 heterocycles. The molecule has 0 aromatic carbocycles. The number of hydrogen-bond acceptors (Lipinski definition) is 5. The monoisotopic (exact) mass is 776 g/mol. The largest absolute Gasteiger partial charge is 0.462 e. The minimum Gasteiger partial charge on any atom is -0.462 e. The SMILES string of the molecule is CC/C=C/C/C=C/CCCCCCCC(CC(=O)NC(CO)C(O)CCCCCCCCCCC)OC(=O)CCCCCCCCCCCCCCCCC. The number of amides is 1. The third kappa shape index (κ3) is 39.0. The van der Waals surface area contributed by atoms with Crippen LogP contribution in [0.3, 0.4) is 0 Å². The van der Waals surface area contributed by atoms with E-state index in [1.807, 2.05) is 0 Å². The van der Waals surface area contributed by atoms with Crippen LogP contribution in [0.4, 0.5) is 0 Å². The van der Waals surface area contributed by atoms with Gasteiger partial charge in [-0.25, -0.2) is 0 Å². The van der Waals surface area contributed by atoms with E-state index in [1.165, 1.54) is 128 Å². The van der Waals surface area contributed by atoms with E-state index in [2.05, 4.69) is 50.4 Å². The Morgan fingerprint density at radius 2 is 0.982 bits per heavy atom. The van der Waals surface area contributed by atoms with Gasteiger partial charge in [0.05, 0.1) is 25.2 Å². The number of carbonyl (C=O) groups is 2. The van der Waals surface area contributed by atoms with E-state index in [0.717, 1.165) is 77.0 Å². The van der Waals surface area contributed by atoms with Gasteiger partial charge < -0.3 is 20.3 Å². The van der Waals surface area contributed by atoms with Gasteiger partial charge in [0, 0.05) is 6.42 Å². The highest BCUT2D eigenvalue weighted by molar-refractivity contribution is 5.77. The lowest BCUT2D eigenvalue weighted by Gasteiger charge is -2.24. The predicted molar refractivity (Wildman–Crippen MR) is 236 cm³/mol. The van der Waals surface area contributed by atoms with Crippen molar-refractivity contribution in [3.05, 3.63) is 24.3 Å². The van der Waals surface area contributed by atoms with Crippen LogP contribution in [0.5, 0.6) is 0 Å². The third-order valence-corrected chi connectivity index (χ3v) is 11.0. The zero-order valence-electron chi connectivity index (χ0n) is 36.8. The summed E-state index contributed by atoms with van der Waals surface area (Å²) in [4.78, 5) is 26.0. The molecule has 6 nitrogen and oxygen atoms in total. The normalized spacial score (nSPS) is 13.5. The minimum atomic E-state index is -0.785. The van der Waals surface area contributed by atoms with E-state index in [-0.39, 0.29) is 24.9 Å². The first kappa shape index (κ1) is 53.3. The lowest BCUT2D eigenvalue weighted by atomic mass is 10.0. The van der Waals surface area contributed by atoms with Crippen molar-refractivity contribution in [3.63, 3.8) is 0 Å². The van der Waals surface area contributed by atoms with Crippen LogP contribution in [-0.4, -0.2) is 46.9 Å². The lowest BCUT2D eigenvalue weighted by molar-refractivity contribution is -0.151. The molecule has 0 spiro atoms. The maximum absolute atomic E-state index is 13.1. The van der Waals surface area contributed by atoms with Gasteiger partial charge in [-0.15, -0.1) is 0 Å². The fourth-order valence-electron chi connectivity index (χ4n) is 7.41. The average molecular weight is 776 g/mol. The molecule has 0 bridgehead atoms. The van der Waals surface area contributed by atoms with E-state index in [0.29, 0.717) is 19.3 Å². The third-order valence-electron chi connectivity index (χ3n) is 11.0. The molecule has 0 radical (unpaired) electrons. The van der Waals surface area contributed by atoms with Crippen LogP contribution < -0.4 is 5.32 Å². The van der Waals surface area contributed by atoms with Crippen LogP contribution >= 0.6 is 0 Å². The number of unbranched alkanes of at least 4 members (excludes halogenated alkanes) is 27. The Kier molecular flexibility index (Phi) is 42.2. The molecule has 0 aliphatic heterocycles. The highest BCUT2D eigenvalue weighted by Crippen LogP contribution is 2.18. The van der Waals surface area contributed by atoms with E-state index >= 15 is 0 Å². The number of esters is 1. The fraction of sp³-hybridized carbons (Fsp3) is 0.878. The molecule has 0 fully saturated rings. The predicted octanol–water partition coefficient (Wildman–Crippen LogP) is 14.0. The lowest BCUT2D eigenvalue weighted by Crippen LogP contribution is -2.46. The van der Waals surface area contributed by atoms with Crippen molar-refractivity contribution in [3.8, 4) is 0 Å². The zero-order chi connectivity index (χ0) is 40.3. The smallest absolute Gasteiger partial charge is 0.306 e. The molecule has 0 saturated heterocycles. The fourth-order valence-corrected chi connectivity index (χ4v) is 7.41. The van der Waals surface area contributed by atoms with Crippen molar-refractivity contribution in [1.82, 2.24) is 5.32 Å². The summed E-state index contributed by atoms with van der Waals surface area (Å²) in [5.74, 6) is -0.479. The van der Waals surface area contributed by atoms with Gasteiger partial charge in [0.1, 0.15) is 6.10 Å². The van der Waals surface area contributed by atoms with Crippen LogP contribution in [0, 0.1) is 0 Å². The van der Waals surface area contributed by atoms with Crippen molar-refractivity contribution in [2.24, 2.45) is 0 Å². The molecule has 55 heavy (non-hydrogen) atoms. The number of aliphatic hydroxyl groups excluding tert-OH is 2. The summed E-state index contributed by atoms with van der Waals surface area (Å²) in [6.07, 6.45) is 48.1. The number of ether oxygens (including phenoxy) is 1. The van der Waals surface area contributed by atoms with Crippen LogP contribution in [-0.2, 0) is 14.3 Å². The van der Waals surface area contributed by atoms with Gasteiger partial charge in [0.25, 0.3) is 0 Å². The highest BCUT2D eigenvalue weighted by atomic mass is 16.5. The quantitative estimate of drug-likeness (QED) is 0.0326. The molecule has 3 N–H and O–H groups in total. The van der Waals surface area contributed by atoms with E-state index in [9.17, 15) is 19.8 Å². The Labute approximate surface area is 341 Å². The summed E-state index contributed by atoms with van der Waals surface area (Å²) >= 11 is 0. The molecule has 0 aromatic heterocycles. The second-order valence-corrected chi connectivity index (χ2v) is 16.5. The number of carbonyl (C=O) groups excluding carboxylic acids is 2. The molecule has 3 atom stereocenters. The first-order valence-electron chi connectivity index (χ1n) is 24.1. The number of rotatable bonds is 43. The van der Waals surface area contributed by atoms with Crippen molar-refractivity contribution in [2.75, 3.05) is 6.61 Å². The van der Waals surface area contributed by atoms with Crippen LogP contribution in [0.25, 0.3) is 0 Å². The second kappa shape index (κ2) is 43.5. The molecule has 3 unspecified atom stereocenters. The zero-order valence-corrected chi connectivity index (χ0v) is 36.8. The second-order valence-electron chi connectivity index (χ2n) is 16.5. The van der Waals surface area contributed by atoms with Crippen LogP contribution in [0.2, 0.25) is 0 Å². The van der Waals surface area contributed by atoms with Crippen LogP contribution in [0.15, 0.2) is 24.3 Å². The van der Waals surface area contributed by atoms with Gasteiger partial charge in [0.2, 0.25) is 5.91 Å².